The van der Waals surface area contributed by atoms with Crippen molar-refractivity contribution in [3.63, 3.8) is 0 Å². The van der Waals surface area contributed by atoms with Crippen LogP contribution in [0.4, 0.5) is 0 Å². The molecule has 0 atom stereocenters. The summed E-state index contributed by atoms with van der Waals surface area (Å²) in [6.07, 6.45) is 0. The lowest BCUT2D eigenvalue weighted by molar-refractivity contribution is 0.474. The molecule has 1 heterocycles. The van der Waals surface area contributed by atoms with Crippen LogP contribution in [-0.2, 0) is 13.1 Å². The molecule has 0 aliphatic carbocycles. The lowest BCUT2D eigenvalue weighted by Gasteiger charge is -2.10. The highest BCUT2D eigenvalue weighted by molar-refractivity contribution is 7.77. The highest BCUT2D eigenvalue weighted by Crippen LogP contribution is 2.32. The molecule has 79 valence electrons. The molecule has 0 unspecified atom stereocenters. The van der Waals surface area contributed by atoms with Gasteiger partial charge < -0.3 is 0 Å². The highest BCUT2D eigenvalue weighted by Gasteiger charge is 2.16. The van der Waals surface area contributed by atoms with Crippen molar-refractivity contribution in [2.24, 2.45) is 0 Å². The van der Waals surface area contributed by atoms with E-state index < -0.39 is 0 Å². The van der Waals surface area contributed by atoms with Crippen LogP contribution in [0.3, 0.4) is 0 Å². The van der Waals surface area contributed by atoms with E-state index >= 15 is 0 Å². The zero-order valence-corrected chi connectivity index (χ0v) is 9.70. The van der Waals surface area contributed by atoms with Crippen molar-refractivity contribution in [3.05, 3.63) is 59.7 Å². The topological polar surface area (TPSA) is 3.24 Å². The van der Waals surface area contributed by atoms with Gasteiger partial charge in [-0.2, -0.15) is 0 Å². The lowest BCUT2D eigenvalue weighted by Crippen LogP contribution is -2.09. The molecule has 0 saturated heterocycles. The quantitative estimate of drug-likeness (QED) is 0.660. The van der Waals surface area contributed by atoms with Gasteiger partial charge in [-0.25, -0.2) is 4.31 Å². The Hall–Kier alpha value is -1.25. The van der Waals surface area contributed by atoms with E-state index in [1.807, 2.05) is 4.31 Å². The van der Waals surface area contributed by atoms with Crippen molar-refractivity contribution in [2.75, 3.05) is 0 Å². The Morgan fingerprint density at radius 2 is 1.19 bits per heavy atom. The molecule has 0 spiro atoms. The van der Waals surface area contributed by atoms with Gasteiger partial charge in [0.25, 0.3) is 0 Å². The highest BCUT2D eigenvalue weighted by atomic mass is 32.1. The summed E-state index contributed by atoms with van der Waals surface area (Å²) < 4.78 is 1.95. The summed E-state index contributed by atoms with van der Waals surface area (Å²) in [6.45, 7) is 1.69. The van der Waals surface area contributed by atoms with Crippen LogP contribution >= 0.6 is 12.8 Å². The van der Waals surface area contributed by atoms with E-state index in [1.54, 1.807) is 0 Å². The van der Waals surface area contributed by atoms with E-state index in [0.717, 1.165) is 13.1 Å². The second-order valence-corrected chi connectivity index (χ2v) is 4.63. The molecule has 1 radical (unpaired) electrons. The summed E-state index contributed by atoms with van der Waals surface area (Å²) in [7, 11) is 0. The van der Waals surface area contributed by atoms with Crippen LogP contribution in [-0.4, -0.2) is 4.31 Å². The second-order valence-electron chi connectivity index (χ2n) is 4.11. The molecule has 3 rings (SSSR count). The Labute approximate surface area is 101 Å². The largest absolute Gasteiger partial charge is 0.231 e. The van der Waals surface area contributed by atoms with Gasteiger partial charge in [0.1, 0.15) is 0 Å². The molecule has 0 aromatic heterocycles. The maximum atomic E-state index is 5.36. The molecule has 0 N–H and O–H groups in total. The predicted molar refractivity (Wildman–Crippen MR) is 68.7 cm³/mol. The third-order valence-corrected chi connectivity index (χ3v) is 3.28. The number of hydrogen-bond donors (Lipinski definition) is 0. The van der Waals surface area contributed by atoms with Gasteiger partial charge in [-0.3, -0.25) is 0 Å². The normalized spacial score (nSPS) is 15.1. The maximum absolute atomic E-state index is 5.36. The van der Waals surface area contributed by atoms with Crippen molar-refractivity contribution in [2.45, 2.75) is 13.1 Å². The number of benzene rings is 2. The fourth-order valence-corrected chi connectivity index (χ4v) is 2.56. The van der Waals surface area contributed by atoms with Gasteiger partial charge in [-0.15, -0.1) is 0 Å². The molecule has 1 aliphatic rings. The monoisotopic (exact) mass is 226 g/mol. The second kappa shape index (κ2) is 3.96. The van der Waals surface area contributed by atoms with Crippen LogP contribution in [0.5, 0.6) is 0 Å². The minimum atomic E-state index is 0.847. The van der Waals surface area contributed by atoms with Crippen molar-refractivity contribution in [3.8, 4) is 11.1 Å². The molecule has 0 saturated carbocycles. The van der Waals surface area contributed by atoms with Crippen molar-refractivity contribution >= 4 is 12.8 Å². The van der Waals surface area contributed by atoms with Gasteiger partial charge in [0.15, 0.2) is 0 Å². The van der Waals surface area contributed by atoms with E-state index in [1.165, 1.54) is 22.3 Å². The molecule has 2 aromatic carbocycles. The van der Waals surface area contributed by atoms with E-state index in [0.29, 0.717) is 0 Å². The molecule has 1 aliphatic heterocycles. The van der Waals surface area contributed by atoms with Crippen LogP contribution in [0.15, 0.2) is 48.5 Å². The average Bonchev–Trinajstić information content (AvgIpc) is 2.44. The van der Waals surface area contributed by atoms with Gasteiger partial charge in [0, 0.05) is 25.9 Å². The molecule has 0 amide bonds. The third kappa shape index (κ3) is 1.64. The van der Waals surface area contributed by atoms with E-state index in [9.17, 15) is 0 Å². The van der Waals surface area contributed by atoms with Crippen LogP contribution in [0, 0.1) is 0 Å². The first kappa shape index (κ1) is 9.94. The summed E-state index contributed by atoms with van der Waals surface area (Å²) in [6, 6.07) is 17.0. The minimum Gasteiger partial charge on any atom is -0.231 e. The summed E-state index contributed by atoms with van der Waals surface area (Å²) >= 11 is 5.36. The Morgan fingerprint density at radius 1 is 0.750 bits per heavy atom. The minimum absolute atomic E-state index is 0.847. The third-order valence-electron chi connectivity index (χ3n) is 3.02. The number of fused-ring (bicyclic) bond motifs is 3. The Morgan fingerprint density at radius 3 is 1.69 bits per heavy atom. The summed E-state index contributed by atoms with van der Waals surface area (Å²) in [5.41, 5.74) is 5.29. The van der Waals surface area contributed by atoms with E-state index in [2.05, 4.69) is 48.5 Å². The van der Waals surface area contributed by atoms with Gasteiger partial charge in [0.2, 0.25) is 0 Å². The molecule has 2 heteroatoms. The maximum Gasteiger partial charge on any atom is 0.0358 e. The molecule has 16 heavy (non-hydrogen) atoms. The van der Waals surface area contributed by atoms with E-state index in [-0.39, 0.29) is 0 Å². The average molecular weight is 226 g/mol. The van der Waals surface area contributed by atoms with Crippen LogP contribution in [0.1, 0.15) is 11.1 Å². The van der Waals surface area contributed by atoms with Gasteiger partial charge in [0.05, 0.1) is 0 Å². The lowest BCUT2D eigenvalue weighted by atomic mass is 9.97. The molecule has 0 bridgehead atoms. The Bertz CT molecular complexity index is 474. The smallest absolute Gasteiger partial charge is 0.0358 e. The molecular weight excluding hydrogens is 214 g/mol. The van der Waals surface area contributed by atoms with Crippen LogP contribution in [0.2, 0.25) is 0 Å². The zero-order valence-electron chi connectivity index (χ0n) is 8.89. The fourth-order valence-electron chi connectivity index (χ4n) is 2.28. The van der Waals surface area contributed by atoms with Gasteiger partial charge >= 0.3 is 0 Å². The zero-order chi connectivity index (χ0) is 11.0. The number of hydrogen-bond acceptors (Lipinski definition) is 1. The van der Waals surface area contributed by atoms with Gasteiger partial charge in [-0.05, 0) is 22.3 Å². The summed E-state index contributed by atoms with van der Waals surface area (Å²) in [5.74, 6) is 0. The Kier molecular flexibility index (Phi) is 2.46. The first-order valence-corrected chi connectivity index (χ1v) is 5.79. The fraction of sp³-hybridized carbons (Fsp3) is 0.143. The van der Waals surface area contributed by atoms with Crippen LogP contribution < -0.4 is 0 Å². The van der Waals surface area contributed by atoms with Crippen molar-refractivity contribution in [1.29, 1.82) is 0 Å². The number of rotatable bonds is 0. The summed E-state index contributed by atoms with van der Waals surface area (Å²) in [5, 5.41) is 0. The Balaban J connectivity index is 2.26. The SMILES string of the molecule is [S]N1Cc2ccccc2-c2ccccc2C1. The van der Waals surface area contributed by atoms with Gasteiger partial charge in [-0.1, -0.05) is 48.5 Å². The predicted octanol–water partition coefficient (Wildman–Crippen LogP) is 3.78. The first-order chi connectivity index (χ1) is 7.84. The first-order valence-electron chi connectivity index (χ1n) is 5.43. The number of nitrogens with zero attached hydrogens (tertiary/aromatic N) is 1. The molecular formula is C14H12NS. The summed E-state index contributed by atoms with van der Waals surface area (Å²) in [4.78, 5) is 0. The molecule has 1 nitrogen and oxygen atoms in total. The van der Waals surface area contributed by atoms with E-state index in [4.69, 9.17) is 12.8 Å². The standard InChI is InChI=1S/C14H12NS/c16-15-9-11-5-1-3-7-13(11)14-8-4-2-6-12(14)10-15/h1-8H,9-10H2. The molecule has 2 aromatic rings. The van der Waals surface area contributed by atoms with Crippen molar-refractivity contribution < 1.29 is 0 Å². The van der Waals surface area contributed by atoms with Crippen LogP contribution in [0.25, 0.3) is 11.1 Å². The molecule has 0 fully saturated rings. The van der Waals surface area contributed by atoms with Crippen molar-refractivity contribution in [1.82, 2.24) is 4.31 Å².